The average Bonchev–Trinajstić information content (AvgIpc) is 3.28. The largest absolute Gasteiger partial charge is 0.388 e. The van der Waals surface area contributed by atoms with Gasteiger partial charge in [-0.3, -0.25) is 23.9 Å². The Morgan fingerprint density at radius 3 is 2.47 bits per heavy atom. The van der Waals surface area contributed by atoms with Crippen molar-refractivity contribution in [3.05, 3.63) is 111 Å². The molecule has 8 rings (SSSR count). The number of rotatable bonds is 13. The quantitative estimate of drug-likeness (QED) is 0.134. The van der Waals surface area contributed by atoms with Gasteiger partial charge >= 0.3 is 6.03 Å². The highest BCUT2D eigenvalue weighted by Gasteiger charge is 2.36. The number of amides is 4. The second kappa shape index (κ2) is 19.3. The van der Waals surface area contributed by atoms with E-state index in [0.29, 0.717) is 79.3 Å². The van der Waals surface area contributed by atoms with Gasteiger partial charge in [-0.25, -0.2) is 9.78 Å². The number of carbonyl (C=O) groups excluding carboxylic acids is 3. The maximum Gasteiger partial charge on any atom is 0.320 e. The van der Waals surface area contributed by atoms with Crippen LogP contribution < -0.4 is 16.2 Å². The van der Waals surface area contributed by atoms with Gasteiger partial charge in [0, 0.05) is 94.2 Å². The third kappa shape index (κ3) is 10.3. The van der Waals surface area contributed by atoms with Crippen LogP contribution in [0.2, 0.25) is 5.02 Å². The highest BCUT2D eigenvalue weighted by Crippen LogP contribution is 2.33. The van der Waals surface area contributed by atoms with Gasteiger partial charge in [-0.1, -0.05) is 41.9 Å². The maximum absolute atomic E-state index is 14.1. The third-order valence-electron chi connectivity index (χ3n) is 12.6. The summed E-state index contributed by atoms with van der Waals surface area (Å²) < 4.78 is 1.43. The van der Waals surface area contributed by atoms with Crippen LogP contribution in [0.5, 0.6) is 0 Å². The highest BCUT2D eigenvalue weighted by atomic mass is 35.5. The van der Waals surface area contributed by atoms with Crippen molar-refractivity contribution in [3.63, 3.8) is 0 Å². The van der Waals surface area contributed by atoms with Crippen LogP contribution >= 0.6 is 11.6 Å². The van der Waals surface area contributed by atoms with Crippen LogP contribution in [0, 0.1) is 0 Å². The Labute approximate surface area is 366 Å². The van der Waals surface area contributed by atoms with Crippen LogP contribution in [0.1, 0.15) is 65.7 Å². The van der Waals surface area contributed by atoms with Gasteiger partial charge in [0.1, 0.15) is 0 Å². The number of nitrogens with one attached hydrogen (secondary N) is 2. The summed E-state index contributed by atoms with van der Waals surface area (Å²) in [5.74, 6) is -0.298. The van der Waals surface area contributed by atoms with E-state index in [0.717, 1.165) is 79.6 Å². The number of hydrogen-bond donors (Lipinski definition) is 3. The Bertz CT molecular complexity index is 2480. The molecule has 0 radical (unpaired) electrons. The maximum atomic E-state index is 14.1. The molecule has 0 saturated carbocycles. The van der Waals surface area contributed by atoms with Crippen LogP contribution in [0.3, 0.4) is 0 Å². The number of aromatic nitrogens is 3. The van der Waals surface area contributed by atoms with E-state index in [1.54, 1.807) is 34.1 Å². The molecule has 3 aliphatic rings. The van der Waals surface area contributed by atoms with Crippen LogP contribution in [0.4, 0.5) is 10.5 Å². The van der Waals surface area contributed by atoms with E-state index in [-0.39, 0.29) is 42.8 Å². The number of aryl methyl sites for hydroxylation is 1. The van der Waals surface area contributed by atoms with Gasteiger partial charge < -0.3 is 35.3 Å². The van der Waals surface area contributed by atoms with E-state index in [1.807, 2.05) is 42.5 Å². The number of likely N-dealkylation sites (N-methyl/N-ethyl adjacent to an activating group) is 1. The van der Waals surface area contributed by atoms with Crippen molar-refractivity contribution >= 4 is 56.9 Å². The summed E-state index contributed by atoms with van der Waals surface area (Å²) in [5.41, 5.74) is 3.98. The number of halogens is 1. The molecule has 326 valence electrons. The molecule has 2 fully saturated rings. The Hall–Kier alpha value is -5.41. The van der Waals surface area contributed by atoms with Gasteiger partial charge in [-0.15, -0.1) is 0 Å². The molecular formula is C47H56ClN9O5. The van der Waals surface area contributed by atoms with Crippen LogP contribution in [-0.2, 0) is 30.7 Å². The fraction of sp³-hybridized carbons (Fsp3) is 0.447. The van der Waals surface area contributed by atoms with Crippen molar-refractivity contribution in [1.29, 1.82) is 0 Å². The molecule has 0 unspecified atom stereocenters. The molecule has 2 aliphatic heterocycles. The number of aliphatic hydroxyl groups is 1. The summed E-state index contributed by atoms with van der Waals surface area (Å²) in [6.45, 7) is 6.42. The number of piperidine rings is 1. The summed E-state index contributed by atoms with van der Waals surface area (Å²) in [4.78, 5) is 71.1. The first kappa shape index (κ1) is 43.2. The van der Waals surface area contributed by atoms with Gasteiger partial charge in [-0.2, -0.15) is 0 Å². The first-order chi connectivity index (χ1) is 30.0. The van der Waals surface area contributed by atoms with Crippen molar-refractivity contribution in [2.45, 2.75) is 70.1 Å². The van der Waals surface area contributed by atoms with Crippen molar-refractivity contribution in [2.75, 3.05) is 71.3 Å². The standard InChI is InChI=1S/C47H56ClN9O5/c1-53-24-26-54(27-25-53)21-16-42(58)51-35-13-14-37-41(29-35)50-32-57(45(37)60)31-47(62)17-22-55(23-18-47)46(61)56(30-33-8-3-2-4-9-33)20-7-19-49-44(59)34-12-15-40-38(28-34)43(48)36-10-5-6-11-39(36)52-40/h2-4,8-9,12-15,28-29,32,62H,5-7,10-11,16-27,30-31H2,1H3,(H,49,59)(H,51,58). The smallest absolute Gasteiger partial charge is 0.320 e. The van der Waals surface area contributed by atoms with E-state index in [2.05, 4.69) is 32.5 Å². The number of pyridine rings is 1. The zero-order valence-corrected chi connectivity index (χ0v) is 36.2. The Morgan fingerprint density at radius 1 is 0.903 bits per heavy atom. The summed E-state index contributed by atoms with van der Waals surface area (Å²) in [6, 6.07) is 20.2. The minimum atomic E-state index is -1.22. The molecule has 14 nitrogen and oxygen atoms in total. The molecule has 0 atom stereocenters. The number of nitrogens with zero attached hydrogens (tertiary/aromatic N) is 7. The zero-order valence-electron chi connectivity index (χ0n) is 35.5. The number of benzene rings is 3. The molecule has 4 heterocycles. The number of hydrogen-bond acceptors (Lipinski definition) is 9. The van der Waals surface area contributed by atoms with Crippen molar-refractivity contribution < 1.29 is 19.5 Å². The number of piperazine rings is 1. The Balaban J connectivity index is 0.846. The minimum Gasteiger partial charge on any atom is -0.388 e. The summed E-state index contributed by atoms with van der Waals surface area (Å²) in [5, 5.41) is 19.5. The predicted molar refractivity (Wildman–Crippen MR) is 242 cm³/mol. The van der Waals surface area contributed by atoms with Gasteiger partial charge in [-0.05, 0) is 99.5 Å². The van der Waals surface area contributed by atoms with E-state index in [9.17, 15) is 24.3 Å². The molecule has 0 bridgehead atoms. The van der Waals surface area contributed by atoms with E-state index in [1.165, 1.54) is 10.9 Å². The lowest BCUT2D eigenvalue weighted by atomic mass is 9.91. The molecule has 5 aromatic rings. The van der Waals surface area contributed by atoms with Crippen molar-refractivity contribution in [2.24, 2.45) is 0 Å². The van der Waals surface area contributed by atoms with Gasteiger partial charge in [0.05, 0.1) is 39.9 Å². The Kier molecular flexibility index (Phi) is 13.5. The minimum absolute atomic E-state index is 0.0388. The molecule has 4 amide bonds. The number of carbonyl (C=O) groups is 3. The van der Waals surface area contributed by atoms with Crippen LogP contribution in [-0.4, -0.2) is 129 Å². The summed E-state index contributed by atoms with van der Waals surface area (Å²) in [7, 11) is 2.10. The van der Waals surface area contributed by atoms with Gasteiger partial charge in [0.15, 0.2) is 0 Å². The fourth-order valence-electron chi connectivity index (χ4n) is 8.82. The molecule has 1 aliphatic carbocycles. The lowest BCUT2D eigenvalue weighted by molar-refractivity contribution is -0.116. The van der Waals surface area contributed by atoms with Crippen molar-refractivity contribution in [1.82, 2.24) is 39.5 Å². The topological polar surface area (TPSA) is 156 Å². The van der Waals surface area contributed by atoms with E-state index < -0.39 is 5.60 Å². The molecule has 15 heteroatoms. The lowest BCUT2D eigenvalue weighted by Gasteiger charge is -2.40. The second-order valence-electron chi connectivity index (χ2n) is 17.2. The fourth-order valence-corrected chi connectivity index (χ4v) is 9.18. The third-order valence-corrected chi connectivity index (χ3v) is 13.1. The number of anilines is 1. The number of likely N-dealkylation sites (tertiary alicyclic amines) is 1. The van der Waals surface area contributed by atoms with Gasteiger partial charge in [0.25, 0.3) is 11.5 Å². The van der Waals surface area contributed by atoms with Gasteiger partial charge in [0.2, 0.25) is 5.91 Å². The molecule has 0 spiro atoms. The zero-order chi connectivity index (χ0) is 43.2. The normalized spacial score (nSPS) is 16.9. The molecular weight excluding hydrogens is 806 g/mol. The second-order valence-corrected chi connectivity index (χ2v) is 17.5. The van der Waals surface area contributed by atoms with E-state index >= 15 is 0 Å². The van der Waals surface area contributed by atoms with Crippen LogP contribution in [0.25, 0.3) is 21.8 Å². The molecule has 2 saturated heterocycles. The SMILES string of the molecule is CN1CCN(CCC(=O)Nc2ccc3c(=O)n(CC4(O)CCN(C(=O)N(CCCNC(=O)c5ccc6nc7c(c(Cl)c6c5)CCCC7)Cc5ccccc5)CC4)cnc3c2)CC1. The molecule has 3 N–H and O–H groups in total. The summed E-state index contributed by atoms with van der Waals surface area (Å²) in [6.07, 6.45) is 6.94. The number of fused-ring (bicyclic) bond motifs is 3. The first-order valence-corrected chi connectivity index (χ1v) is 22.3. The highest BCUT2D eigenvalue weighted by molar-refractivity contribution is 6.36. The predicted octanol–water partition coefficient (Wildman–Crippen LogP) is 5.32. The Morgan fingerprint density at radius 2 is 1.68 bits per heavy atom. The average molecular weight is 862 g/mol. The monoisotopic (exact) mass is 861 g/mol. The lowest BCUT2D eigenvalue weighted by Crippen LogP contribution is -2.53. The van der Waals surface area contributed by atoms with E-state index in [4.69, 9.17) is 16.6 Å². The van der Waals surface area contributed by atoms with Crippen LogP contribution in [0.15, 0.2) is 77.9 Å². The molecule has 62 heavy (non-hydrogen) atoms. The molecule has 3 aromatic carbocycles. The van der Waals surface area contributed by atoms with Crippen molar-refractivity contribution in [3.8, 4) is 0 Å². The number of urea groups is 1. The molecule has 2 aromatic heterocycles. The first-order valence-electron chi connectivity index (χ1n) is 21.9. The summed E-state index contributed by atoms with van der Waals surface area (Å²) >= 11 is 6.82.